The van der Waals surface area contributed by atoms with E-state index in [0.29, 0.717) is 22.5 Å². The standard InChI is InChI=1S/C12H12BrClN4O/c1-2-16-10-6-11(18-12(15)17-10)19-9-4-3-7(13)5-8(9)14/h3-6H,2H2,1H3,(H3,15,16,17,18). The molecule has 0 bridgehead atoms. The van der Waals surface area contributed by atoms with Gasteiger partial charge in [0.25, 0.3) is 0 Å². The van der Waals surface area contributed by atoms with Crippen LogP contribution in [-0.4, -0.2) is 16.5 Å². The van der Waals surface area contributed by atoms with E-state index in [2.05, 4.69) is 31.2 Å². The van der Waals surface area contributed by atoms with Gasteiger partial charge in [0.2, 0.25) is 11.8 Å². The summed E-state index contributed by atoms with van der Waals surface area (Å²) in [6.45, 7) is 2.69. The molecule has 3 N–H and O–H groups in total. The third-order valence-corrected chi connectivity index (χ3v) is 2.97. The molecular formula is C12H12BrClN4O. The lowest BCUT2D eigenvalue weighted by atomic mass is 10.3. The zero-order chi connectivity index (χ0) is 13.8. The summed E-state index contributed by atoms with van der Waals surface area (Å²) >= 11 is 9.40. The number of ether oxygens (including phenoxy) is 1. The van der Waals surface area contributed by atoms with Crippen LogP contribution in [-0.2, 0) is 0 Å². The van der Waals surface area contributed by atoms with Crippen molar-refractivity contribution in [3.8, 4) is 11.6 Å². The van der Waals surface area contributed by atoms with Crippen LogP contribution in [0.5, 0.6) is 11.6 Å². The molecule has 7 heteroatoms. The maximum Gasteiger partial charge on any atom is 0.226 e. The summed E-state index contributed by atoms with van der Waals surface area (Å²) < 4.78 is 6.48. The number of halogens is 2. The van der Waals surface area contributed by atoms with Crippen LogP contribution in [0.2, 0.25) is 5.02 Å². The molecule has 0 aliphatic rings. The molecule has 0 fully saturated rings. The van der Waals surface area contributed by atoms with Gasteiger partial charge in [-0.25, -0.2) is 0 Å². The van der Waals surface area contributed by atoms with Crippen LogP contribution in [0, 0.1) is 0 Å². The Morgan fingerprint density at radius 1 is 1.37 bits per heavy atom. The van der Waals surface area contributed by atoms with Gasteiger partial charge in [-0.05, 0) is 25.1 Å². The molecule has 2 aromatic rings. The number of nitrogens with zero attached hydrogens (tertiary/aromatic N) is 2. The Bertz CT molecular complexity index is 594. The molecule has 0 saturated carbocycles. The molecule has 1 aromatic heterocycles. The van der Waals surface area contributed by atoms with Crippen LogP contribution in [0.4, 0.5) is 11.8 Å². The van der Waals surface area contributed by atoms with Gasteiger partial charge >= 0.3 is 0 Å². The average molecular weight is 344 g/mol. The first-order valence-electron chi connectivity index (χ1n) is 5.60. The molecule has 100 valence electrons. The van der Waals surface area contributed by atoms with Crippen LogP contribution in [0.3, 0.4) is 0 Å². The number of nitrogen functional groups attached to an aromatic ring is 1. The largest absolute Gasteiger partial charge is 0.437 e. The van der Waals surface area contributed by atoms with Gasteiger partial charge in [-0.3, -0.25) is 0 Å². The summed E-state index contributed by atoms with van der Waals surface area (Å²) in [5.41, 5.74) is 5.62. The van der Waals surface area contributed by atoms with Crippen molar-refractivity contribution in [2.45, 2.75) is 6.92 Å². The van der Waals surface area contributed by atoms with Crippen LogP contribution in [0.1, 0.15) is 6.92 Å². The van der Waals surface area contributed by atoms with Gasteiger partial charge in [0, 0.05) is 17.1 Å². The molecular weight excluding hydrogens is 332 g/mol. The number of nitrogens with one attached hydrogen (secondary N) is 1. The highest BCUT2D eigenvalue weighted by atomic mass is 79.9. The molecule has 1 heterocycles. The molecule has 0 amide bonds. The Kier molecular flexibility index (Phi) is 4.44. The first-order chi connectivity index (χ1) is 9.08. The highest BCUT2D eigenvalue weighted by molar-refractivity contribution is 9.10. The average Bonchev–Trinajstić information content (AvgIpc) is 2.32. The van der Waals surface area contributed by atoms with Gasteiger partial charge in [0.15, 0.2) is 0 Å². The van der Waals surface area contributed by atoms with Gasteiger partial charge in [0.05, 0.1) is 5.02 Å². The van der Waals surface area contributed by atoms with Crippen LogP contribution < -0.4 is 15.8 Å². The fourth-order valence-electron chi connectivity index (χ4n) is 1.44. The lowest BCUT2D eigenvalue weighted by Crippen LogP contribution is -2.04. The number of anilines is 2. The van der Waals surface area contributed by atoms with Gasteiger partial charge in [0.1, 0.15) is 11.6 Å². The number of benzene rings is 1. The van der Waals surface area contributed by atoms with Crippen LogP contribution >= 0.6 is 27.5 Å². The van der Waals surface area contributed by atoms with Crippen molar-refractivity contribution < 1.29 is 4.74 Å². The second kappa shape index (κ2) is 6.08. The number of nitrogens with two attached hydrogens (primary N) is 1. The minimum atomic E-state index is 0.140. The SMILES string of the molecule is CCNc1cc(Oc2ccc(Br)cc2Cl)nc(N)n1. The smallest absolute Gasteiger partial charge is 0.226 e. The minimum absolute atomic E-state index is 0.140. The summed E-state index contributed by atoms with van der Waals surface area (Å²) in [6.07, 6.45) is 0. The predicted molar refractivity (Wildman–Crippen MR) is 79.8 cm³/mol. The molecule has 19 heavy (non-hydrogen) atoms. The third kappa shape index (κ3) is 3.71. The first-order valence-corrected chi connectivity index (χ1v) is 6.77. The van der Waals surface area contributed by atoms with Crippen molar-refractivity contribution in [1.29, 1.82) is 0 Å². The topological polar surface area (TPSA) is 73.1 Å². The molecule has 0 radical (unpaired) electrons. The molecule has 2 rings (SSSR count). The molecule has 0 aliphatic heterocycles. The quantitative estimate of drug-likeness (QED) is 0.885. The zero-order valence-corrected chi connectivity index (χ0v) is 12.5. The molecule has 5 nitrogen and oxygen atoms in total. The lowest BCUT2D eigenvalue weighted by Gasteiger charge is -2.09. The normalized spacial score (nSPS) is 10.3. The van der Waals surface area contributed by atoms with E-state index in [0.717, 1.165) is 11.0 Å². The molecule has 0 unspecified atom stereocenters. The fraction of sp³-hybridized carbons (Fsp3) is 0.167. The summed E-state index contributed by atoms with van der Waals surface area (Å²) in [7, 11) is 0. The van der Waals surface area contributed by atoms with Crippen molar-refractivity contribution >= 4 is 39.3 Å². The van der Waals surface area contributed by atoms with E-state index in [-0.39, 0.29) is 5.95 Å². The van der Waals surface area contributed by atoms with E-state index in [9.17, 15) is 0 Å². The Morgan fingerprint density at radius 3 is 2.84 bits per heavy atom. The number of hydrogen-bond donors (Lipinski definition) is 2. The maximum atomic E-state index is 6.07. The van der Waals surface area contributed by atoms with Crippen molar-refractivity contribution in [1.82, 2.24) is 9.97 Å². The Morgan fingerprint density at radius 2 is 2.16 bits per heavy atom. The zero-order valence-electron chi connectivity index (χ0n) is 10.2. The second-order valence-corrected chi connectivity index (χ2v) is 4.98. The van der Waals surface area contributed by atoms with Crippen LogP contribution in [0.15, 0.2) is 28.7 Å². The number of aromatic nitrogens is 2. The van der Waals surface area contributed by atoms with Crippen molar-refractivity contribution in [3.63, 3.8) is 0 Å². The first kappa shape index (κ1) is 13.9. The Labute approximate surface area is 124 Å². The monoisotopic (exact) mass is 342 g/mol. The summed E-state index contributed by atoms with van der Waals surface area (Å²) in [5.74, 6) is 1.60. The summed E-state index contributed by atoms with van der Waals surface area (Å²) in [5, 5.41) is 3.53. The molecule has 0 spiro atoms. The van der Waals surface area contributed by atoms with Gasteiger partial charge < -0.3 is 15.8 Å². The maximum absolute atomic E-state index is 6.07. The molecule has 0 atom stereocenters. The van der Waals surface area contributed by atoms with Gasteiger partial charge in [-0.15, -0.1) is 0 Å². The van der Waals surface area contributed by atoms with Crippen molar-refractivity contribution in [3.05, 3.63) is 33.8 Å². The Hall–Kier alpha value is -1.53. The van der Waals surface area contributed by atoms with Gasteiger partial charge in [-0.2, -0.15) is 9.97 Å². The molecule has 0 saturated heterocycles. The highest BCUT2D eigenvalue weighted by Crippen LogP contribution is 2.31. The van der Waals surface area contributed by atoms with Crippen LogP contribution in [0.25, 0.3) is 0 Å². The van der Waals surface area contributed by atoms with E-state index >= 15 is 0 Å². The van der Waals surface area contributed by atoms with Crippen molar-refractivity contribution in [2.75, 3.05) is 17.6 Å². The molecule has 0 aliphatic carbocycles. The van der Waals surface area contributed by atoms with Crippen molar-refractivity contribution in [2.24, 2.45) is 0 Å². The van der Waals surface area contributed by atoms with E-state index in [1.807, 2.05) is 13.0 Å². The van der Waals surface area contributed by atoms with E-state index in [1.54, 1.807) is 18.2 Å². The number of rotatable bonds is 4. The Balaban J connectivity index is 2.27. The molecule has 1 aromatic carbocycles. The number of hydrogen-bond acceptors (Lipinski definition) is 5. The van der Waals surface area contributed by atoms with E-state index in [4.69, 9.17) is 22.1 Å². The predicted octanol–water partition coefficient (Wildman–Crippen LogP) is 3.70. The minimum Gasteiger partial charge on any atom is -0.437 e. The lowest BCUT2D eigenvalue weighted by molar-refractivity contribution is 0.463. The second-order valence-electron chi connectivity index (χ2n) is 3.66. The third-order valence-electron chi connectivity index (χ3n) is 2.19. The van der Waals surface area contributed by atoms with E-state index < -0.39 is 0 Å². The van der Waals surface area contributed by atoms with Gasteiger partial charge in [-0.1, -0.05) is 27.5 Å². The fourth-order valence-corrected chi connectivity index (χ4v) is 2.15. The highest BCUT2D eigenvalue weighted by Gasteiger charge is 2.07. The summed E-state index contributed by atoms with van der Waals surface area (Å²) in [4.78, 5) is 8.05. The van der Waals surface area contributed by atoms with E-state index in [1.165, 1.54) is 0 Å². The summed E-state index contributed by atoms with van der Waals surface area (Å²) in [6, 6.07) is 6.99.